The standard InChI is InChI=1S/C49H46N4O8/c50-40-20-10-18-38(29-40)46(55)53-44(28-34-22-24-42(25-23-34)59-31-35-12-4-1-5-13-35)48(57)51-41-21-11-19-39(30-41)47(56)52-43(49(58)61-33-37-16-8-3-9-17-37)26-27-45(54)60-32-36-14-6-2-7-15-36/h1-25,29-30,43-44H,26-28,31-33,50H2,(H,51,57)(H,52,56)(H,53,55)/t43-,44-/m0/s1. The first-order valence-electron chi connectivity index (χ1n) is 19.7. The van der Waals surface area contributed by atoms with Gasteiger partial charge in [-0.1, -0.05) is 115 Å². The lowest BCUT2D eigenvalue weighted by Crippen LogP contribution is -2.45. The van der Waals surface area contributed by atoms with E-state index in [1.54, 1.807) is 54.6 Å². The van der Waals surface area contributed by atoms with E-state index in [1.807, 2.05) is 91.0 Å². The lowest BCUT2D eigenvalue weighted by molar-refractivity contribution is -0.148. The van der Waals surface area contributed by atoms with Gasteiger partial charge in [0.1, 0.15) is 37.7 Å². The molecule has 0 aromatic heterocycles. The number of nitrogen functional groups attached to an aromatic ring is 1. The van der Waals surface area contributed by atoms with Crippen molar-refractivity contribution in [3.8, 4) is 5.75 Å². The number of hydrogen-bond donors (Lipinski definition) is 4. The van der Waals surface area contributed by atoms with Crippen LogP contribution in [0.25, 0.3) is 0 Å². The zero-order chi connectivity index (χ0) is 42.8. The Morgan fingerprint density at radius 1 is 0.525 bits per heavy atom. The Bertz CT molecular complexity index is 2390. The van der Waals surface area contributed by atoms with Gasteiger partial charge in [0.05, 0.1) is 0 Å². The van der Waals surface area contributed by atoms with Gasteiger partial charge in [0.15, 0.2) is 0 Å². The van der Waals surface area contributed by atoms with E-state index in [2.05, 4.69) is 16.0 Å². The molecule has 0 heterocycles. The Morgan fingerprint density at radius 3 is 1.67 bits per heavy atom. The van der Waals surface area contributed by atoms with Crippen LogP contribution < -0.4 is 26.4 Å². The van der Waals surface area contributed by atoms with Crippen LogP contribution in [0.1, 0.15) is 55.8 Å². The van der Waals surface area contributed by atoms with E-state index in [-0.39, 0.29) is 49.3 Å². The predicted octanol–water partition coefficient (Wildman–Crippen LogP) is 7.19. The molecule has 0 fully saturated rings. The van der Waals surface area contributed by atoms with E-state index in [0.29, 0.717) is 18.0 Å². The third kappa shape index (κ3) is 13.7. The van der Waals surface area contributed by atoms with Gasteiger partial charge in [0.2, 0.25) is 5.91 Å². The molecule has 0 unspecified atom stereocenters. The number of esters is 2. The summed E-state index contributed by atoms with van der Waals surface area (Å²) in [5.74, 6) is -2.33. The summed E-state index contributed by atoms with van der Waals surface area (Å²) in [6.45, 7) is 0.421. The quantitative estimate of drug-likeness (QED) is 0.0487. The normalized spacial score (nSPS) is 11.6. The van der Waals surface area contributed by atoms with Crippen molar-refractivity contribution in [2.45, 2.75) is 51.2 Å². The van der Waals surface area contributed by atoms with E-state index in [1.165, 1.54) is 18.2 Å². The summed E-state index contributed by atoms with van der Waals surface area (Å²) in [4.78, 5) is 67.0. The molecule has 0 aliphatic rings. The maximum absolute atomic E-state index is 13.9. The van der Waals surface area contributed by atoms with Crippen molar-refractivity contribution in [3.63, 3.8) is 0 Å². The molecule has 12 heteroatoms. The molecule has 0 aliphatic heterocycles. The third-order valence-corrected chi connectivity index (χ3v) is 9.47. The number of hydrogen-bond acceptors (Lipinski definition) is 9. The summed E-state index contributed by atoms with van der Waals surface area (Å²) in [7, 11) is 0. The Labute approximate surface area is 354 Å². The lowest BCUT2D eigenvalue weighted by atomic mass is 10.0. The monoisotopic (exact) mass is 818 g/mol. The predicted molar refractivity (Wildman–Crippen MR) is 231 cm³/mol. The molecule has 310 valence electrons. The molecule has 6 aromatic carbocycles. The molecule has 61 heavy (non-hydrogen) atoms. The molecule has 2 atom stereocenters. The number of carbonyl (C=O) groups excluding carboxylic acids is 5. The number of nitrogens with two attached hydrogens (primary N) is 1. The fraction of sp³-hybridized carbons (Fsp3) is 0.163. The highest BCUT2D eigenvalue weighted by atomic mass is 16.5. The van der Waals surface area contributed by atoms with E-state index in [9.17, 15) is 24.0 Å². The number of benzene rings is 6. The number of carbonyl (C=O) groups is 5. The fourth-order valence-corrected chi connectivity index (χ4v) is 6.19. The summed E-state index contributed by atoms with van der Waals surface area (Å²) in [6.07, 6.45) is -0.127. The Balaban J connectivity index is 1.12. The average Bonchev–Trinajstić information content (AvgIpc) is 3.29. The van der Waals surface area contributed by atoms with Crippen molar-refractivity contribution in [1.82, 2.24) is 10.6 Å². The van der Waals surface area contributed by atoms with Gasteiger partial charge in [-0.15, -0.1) is 0 Å². The van der Waals surface area contributed by atoms with E-state index in [4.69, 9.17) is 19.9 Å². The second-order valence-electron chi connectivity index (χ2n) is 14.1. The maximum Gasteiger partial charge on any atom is 0.328 e. The molecular formula is C49H46N4O8. The van der Waals surface area contributed by atoms with E-state index >= 15 is 0 Å². The second kappa shape index (κ2) is 21.9. The van der Waals surface area contributed by atoms with Gasteiger partial charge in [-0.3, -0.25) is 19.2 Å². The average molecular weight is 819 g/mol. The van der Waals surface area contributed by atoms with Crippen LogP contribution in [0.3, 0.4) is 0 Å². The first-order valence-corrected chi connectivity index (χ1v) is 19.7. The molecule has 5 N–H and O–H groups in total. The Kier molecular flexibility index (Phi) is 15.4. The fourth-order valence-electron chi connectivity index (χ4n) is 6.19. The summed E-state index contributed by atoms with van der Waals surface area (Å²) < 4.78 is 16.8. The summed E-state index contributed by atoms with van der Waals surface area (Å²) in [5.41, 5.74) is 10.3. The zero-order valence-corrected chi connectivity index (χ0v) is 33.3. The van der Waals surface area contributed by atoms with E-state index in [0.717, 1.165) is 22.3 Å². The van der Waals surface area contributed by atoms with Crippen LogP contribution in [0.5, 0.6) is 5.75 Å². The maximum atomic E-state index is 13.9. The van der Waals surface area contributed by atoms with Crippen LogP contribution >= 0.6 is 0 Å². The first kappa shape index (κ1) is 42.9. The zero-order valence-electron chi connectivity index (χ0n) is 33.3. The van der Waals surface area contributed by atoms with Crippen molar-refractivity contribution in [3.05, 3.63) is 197 Å². The molecule has 0 aliphatic carbocycles. The van der Waals surface area contributed by atoms with Crippen molar-refractivity contribution >= 4 is 41.0 Å². The van der Waals surface area contributed by atoms with Crippen LogP contribution in [0.15, 0.2) is 164 Å². The summed E-state index contributed by atoms with van der Waals surface area (Å²) in [5, 5.41) is 8.34. The second-order valence-corrected chi connectivity index (χ2v) is 14.1. The molecule has 6 aromatic rings. The SMILES string of the molecule is Nc1cccc(C(=O)N[C@@H](Cc2ccc(OCc3ccccc3)cc2)C(=O)Nc2cccc(C(=O)N[C@@H](CCC(=O)OCc3ccccc3)C(=O)OCc3ccccc3)c2)c1. The molecule has 6 rings (SSSR count). The van der Waals surface area contributed by atoms with Gasteiger partial charge in [-0.25, -0.2) is 4.79 Å². The highest BCUT2D eigenvalue weighted by Crippen LogP contribution is 2.18. The highest BCUT2D eigenvalue weighted by Gasteiger charge is 2.26. The third-order valence-electron chi connectivity index (χ3n) is 9.47. The minimum Gasteiger partial charge on any atom is -0.489 e. The van der Waals surface area contributed by atoms with Crippen molar-refractivity contribution in [1.29, 1.82) is 0 Å². The minimum atomic E-state index is -1.19. The van der Waals surface area contributed by atoms with Gasteiger partial charge in [0, 0.05) is 35.3 Å². The largest absolute Gasteiger partial charge is 0.489 e. The molecule has 0 saturated carbocycles. The number of ether oxygens (including phenoxy) is 3. The number of anilines is 2. The summed E-state index contributed by atoms with van der Waals surface area (Å²) >= 11 is 0. The smallest absolute Gasteiger partial charge is 0.328 e. The molecule has 0 spiro atoms. The van der Waals surface area contributed by atoms with Crippen molar-refractivity contribution in [2.24, 2.45) is 0 Å². The molecule has 0 saturated heterocycles. The van der Waals surface area contributed by atoms with Gasteiger partial charge >= 0.3 is 11.9 Å². The van der Waals surface area contributed by atoms with Crippen LogP contribution in [-0.2, 0) is 50.1 Å². The van der Waals surface area contributed by atoms with Gasteiger partial charge in [-0.05, 0) is 77.2 Å². The van der Waals surface area contributed by atoms with Crippen LogP contribution in [-0.4, -0.2) is 41.7 Å². The van der Waals surface area contributed by atoms with Crippen LogP contribution in [0, 0.1) is 0 Å². The lowest BCUT2D eigenvalue weighted by Gasteiger charge is -2.20. The van der Waals surface area contributed by atoms with Crippen molar-refractivity contribution in [2.75, 3.05) is 11.1 Å². The molecule has 0 radical (unpaired) electrons. The van der Waals surface area contributed by atoms with Gasteiger partial charge < -0.3 is 35.9 Å². The summed E-state index contributed by atoms with van der Waals surface area (Å²) in [6, 6.07) is 45.6. The molecule has 12 nitrogen and oxygen atoms in total. The van der Waals surface area contributed by atoms with Gasteiger partial charge in [0.25, 0.3) is 11.8 Å². The number of amides is 3. The molecule has 3 amide bonds. The number of rotatable bonds is 19. The Morgan fingerprint density at radius 2 is 1.07 bits per heavy atom. The van der Waals surface area contributed by atoms with E-state index < -0.39 is 41.7 Å². The van der Waals surface area contributed by atoms with Gasteiger partial charge in [-0.2, -0.15) is 0 Å². The highest BCUT2D eigenvalue weighted by molar-refractivity contribution is 6.03. The van der Waals surface area contributed by atoms with Crippen molar-refractivity contribution < 1.29 is 38.2 Å². The number of nitrogens with one attached hydrogen (secondary N) is 3. The topological polar surface area (TPSA) is 175 Å². The Hall–Kier alpha value is -7.73. The molecule has 0 bridgehead atoms. The first-order chi connectivity index (χ1) is 29.7. The molecular weight excluding hydrogens is 773 g/mol. The minimum absolute atomic E-state index is 0.0342. The van der Waals surface area contributed by atoms with Crippen LogP contribution in [0.4, 0.5) is 11.4 Å². The van der Waals surface area contributed by atoms with Crippen LogP contribution in [0.2, 0.25) is 0 Å².